The number of benzene rings is 4. The van der Waals surface area contributed by atoms with Crippen molar-refractivity contribution in [2.75, 3.05) is 26.2 Å². The van der Waals surface area contributed by atoms with Gasteiger partial charge in [-0.2, -0.15) is 0 Å². The van der Waals surface area contributed by atoms with Crippen LogP contribution in [0.5, 0.6) is 5.75 Å². The van der Waals surface area contributed by atoms with E-state index in [2.05, 4.69) is 68.5 Å². The molecule has 4 aromatic carbocycles. The van der Waals surface area contributed by atoms with E-state index in [-0.39, 0.29) is 89.1 Å². The van der Waals surface area contributed by atoms with Gasteiger partial charge in [-0.05, 0) is 116 Å². The van der Waals surface area contributed by atoms with Gasteiger partial charge in [-0.1, -0.05) is 107 Å². The van der Waals surface area contributed by atoms with Crippen molar-refractivity contribution in [3.05, 3.63) is 138 Å². The fourth-order valence-corrected chi connectivity index (χ4v) is 13.3. The Hall–Kier alpha value is -12.5. The number of hydrogen-bond donors (Lipinski definition) is 22. The second-order valence-corrected chi connectivity index (χ2v) is 29.4. The molecule has 1 aliphatic heterocycles. The van der Waals surface area contributed by atoms with Gasteiger partial charge in [0.05, 0.1) is 25.5 Å². The van der Waals surface area contributed by atoms with Gasteiger partial charge in [-0.15, -0.1) is 0 Å². The molecule has 37 heteroatoms. The van der Waals surface area contributed by atoms with Gasteiger partial charge in [0.2, 0.25) is 65.0 Å². The first-order valence-corrected chi connectivity index (χ1v) is 38.3. The summed E-state index contributed by atoms with van der Waals surface area (Å²) in [5.74, 6) is -16.8. The van der Waals surface area contributed by atoms with Crippen LogP contribution >= 0.6 is 0 Å². The molecule has 2 aromatic heterocycles. The number of carbonyl (C=O) groups excluding carboxylic acids is 11. The number of aromatic hydroxyl groups is 1. The number of phenolic OH excluding ortho intramolecular Hbond substituents is 1. The average molecular weight is 1610 g/mol. The smallest absolute Gasteiger partial charge is 0.326 e. The van der Waals surface area contributed by atoms with Crippen molar-refractivity contribution in [3.63, 3.8) is 0 Å². The molecule has 0 bridgehead atoms. The van der Waals surface area contributed by atoms with Gasteiger partial charge in [0, 0.05) is 73.0 Å². The Kier molecular flexibility index (Phi) is 34.6. The monoisotopic (exact) mass is 1610 g/mol. The standard InChI is InChI=1S/C79H106N18O19/c1-42(2)32-55(68(105)88-54(78(115)116)22-12-13-29-80)89-67(104)53(23-14-30-84-79(82)83)87-73(110)60(37-64(100)101)93-69(106)56(34-45-25-27-48(99)28-26-45)90-70(107)57(33-44-16-6-5-7-17-44)94-75(112)63-24-15-31-97(63)77(114)62(41-98)96-72(109)59(36-47-40-86-52-21-11-9-19-50(47)52)91-71(108)58(35-46-39-85-51-20-10-8-18-49(46)51)92-74(111)61(38-65(102)103)95-76(113)66(81)43(3)4/h5-11,16-21,25-28,39-40,42-43,53-63,66,85-86,98-99H,12-15,22-24,29-38,41,80-81H2,1-4H3,(H,87,110)(H,88,105)(H,89,104)(H,90,107)(H,91,108)(H,92,111)(H,93,106)(H,94,112)(H,95,113)(H,96,109)(H,100,101)(H,102,103)(H,115,116)(H4,82,83,84)/t53-,54-,55-,56-,57-,58-,59-,60-,61-,62-,63-,66-/m0/s1. The maximum atomic E-state index is 15.1. The van der Waals surface area contributed by atoms with Gasteiger partial charge in [0.1, 0.15) is 72.2 Å². The molecular weight excluding hydrogens is 1500 g/mol. The van der Waals surface area contributed by atoms with E-state index in [0.29, 0.717) is 56.9 Å². The molecule has 626 valence electrons. The second kappa shape index (κ2) is 44.2. The van der Waals surface area contributed by atoms with Crippen molar-refractivity contribution in [2.24, 2.45) is 29.0 Å². The zero-order valence-electron chi connectivity index (χ0n) is 64.9. The summed E-state index contributed by atoms with van der Waals surface area (Å²) in [6.07, 6.45) is 0.689. The molecule has 0 radical (unpaired) electrons. The molecule has 6 aromatic rings. The van der Waals surface area contributed by atoms with Crippen LogP contribution in [0.1, 0.15) is 114 Å². The lowest BCUT2D eigenvalue weighted by Gasteiger charge is -2.31. The molecule has 11 amide bonds. The molecule has 3 heterocycles. The van der Waals surface area contributed by atoms with E-state index in [4.69, 9.17) is 22.6 Å². The molecular formula is C79H106N18O19. The van der Waals surface area contributed by atoms with E-state index in [1.165, 1.54) is 24.3 Å². The van der Waals surface area contributed by atoms with Crippen LogP contribution < -0.4 is 75.7 Å². The second-order valence-electron chi connectivity index (χ2n) is 29.4. The number of carboxylic acid groups (broad SMARTS) is 3. The molecule has 1 saturated heterocycles. The first kappa shape index (κ1) is 90.7. The van der Waals surface area contributed by atoms with Crippen LogP contribution in [0.25, 0.3) is 21.8 Å². The summed E-state index contributed by atoms with van der Waals surface area (Å²) < 4.78 is 0. The van der Waals surface area contributed by atoms with Crippen LogP contribution in [0.15, 0.2) is 116 Å². The number of carboxylic acids is 3. The first-order chi connectivity index (χ1) is 55.2. The van der Waals surface area contributed by atoms with E-state index in [9.17, 15) is 78.3 Å². The Bertz CT molecular complexity index is 4440. The molecule has 25 N–H and O–H groups in total. The first-order valence-electron chi connectivity index (χ1n) is 38.3. The number of guanidine groups is 1. The van der Waals surface area contributed by atoms with Gasteiger partial charge in [-0.3, -0.25) is 67.7 Å². The number of para-hydroxylation sites is 2. The van der Waals surface area contributed by atoms with Gasteiger partial charge in [-0.25, -0.2) is 4.79 Å². The molecule has 1 aliphatic rings. The highest BCUT2D eigenvalue weighted by atomic mass is 16.4. The molecule has 0 spiro atoms. The predicted octanol–water partition coefficient (Wildman–Crippen LogP) is -1.09. The number of aliphatic hydroxyl groups is 1. The van der Waals surface area contributed by atoms with Gasteiger partial charge < -0.3 is 116 Å². The van der Waals surface area contributed by atoms with Crippen LogP contribution in [0.4, 0.5) is 0 Å². The highest BCUT2D eigenvalue weighted by Crippen LogP contribution is 2.24. The van der Waals surface area contributed by atoms with E-state index in [0.717, 1.165) is 4.90 Å². The van der Waals surface area contributed by atoms with Gasteiger partial charge in [0.15, 0.2) is 5.96 Å². The van der Waals surface area contributed by atoms with Crippen molar-refractivity contribution >= 4 is 111 Å². The third-order valence-corrected chi connectivity index (χ3v) is 19.6. The minimum Gasteiger partial charge on any atom is -0.508 e. The number of amides is 11. The average Bonchev–Trinajstić information content (AvgIpc) is 1.66. The number of aliphatic hydroxyl groups excluding tert-OH is 1. The number of nitrogens with two attached hydrogens (primary N) is 3. The number of aromatic amines is 2. The van der Waals surface area contributed by atoms with Crippen LogP contribution in [0.3, 0.4) is 0 Å². The minimum absolute atomic E-state index is 0.0134. The summed E-state index contributed by atoms with van der Waals surface area (Å²) in [5.41, 5.74) is 20.2. The Balaban J connectivity index is 1.14. The van der Waals surface area contributed by atoms with Gasteiger partial charge in [0.25, 0.3) is 0 Å². The lowest BCUT2D eigenvalue weighted by Crippen LogP contribution is -2.61. The third kappa shape index (κ3) is 27.4. The number of unbranched alkanes of at least 4 members (excludes halogenated alkanes) is 1. The Labute approximate surface area is 668 Å². The number of H-pyrrole nitrogens is 2. The maximum absolute atomic E-state index is 15.1. The molecule has 0 unspecified atom stereocenters. The van der Waals surface area contributed by atoms with E-state index >= 15 is 14.4 Å². The molecule has 0 aliphatic carbocycles. The van der Waals surface area contributed by atoms with Crippen LogP contribution in [0, 0.1) is 17.2 Å². The summed E-state index contributed by atoms with van der Waals surface area (Å²) in [5, 5.41) is 88.3. The van der Waals surface area contributed by atoms with E-state index in [1.54, 1.807) is 119 Å². The number of aliphatic carboxylic acids is 3. The summed E-state index contributed by atoms with van der Waals surface area (Å²) in [6, 6.07) is 8.67. The third-order valence-electron chi connectivity index (χ3n) is 19.6. The number of carbonyl (C=O) groups is 14. The predicted molar refractivity (Wildman–Crippen MR) is 424 cm³/mol. The summed E-state index contributed by atoms with van der Waals surface area (Å²) in [4.78, 5) is 204. The summed E-state index contributed by atoms with van der Waals surface area (Å²) >= 11 is 0. The van der Waals surface area contributed by atoms with Crippen molar-refractivity contribution in [1.29, 1.82) is 5.41 Å². The number of aromatic nitrogens is 2. The highest BCUT2D eigenvalue weighted by Gasteiger charge is 2.42. The molecule has 12 atom stereocenters. The van der Waals surface area contributed by atoms with Crippen LogP contribution in [-0.2, 0) is 92.8 Å². The quantitative estimate of drug-likeness (QED) is 0.0123. The van der Waals surface area contributed by atoms with Crippen molar-refractivity contribution in [2.45, 2.75) is 190 Å². The van der Waals surface area contributed by atoms with Crippen molar-refractivity contribution in [1.82, 2.24) is 73.4 Å². The molecule has 0 saturated carbocycles. The topological polar surface area (TPSA) is 609 Å². The number of hydrogen-bond acceptors (Lipinski definition) is 19. The van der Waals surface area contributed by atoms with Crippen LogP contribution in [0.2, 0.25) is 0 Å². The molecule has 7 rings (SSSR count). The number of nitrogens with zero attached hydrogens (tertiary/aromatic N) is 1. The highest BCUT2D eigenvalue weighted by molar-refractivity contribution is 6.01. The van der Waals surface area contributed by atoms with E-state index < -0.39 is 193 Å². The Morgan fingerprint density at radius 2 is 0.922 bits per heavy atom. The zero-order valence-corrected chi connectivity index (χ0v) is 64.9. The fourth-order valence-electron chi connectivity index (χ4n) is 13.3. The number of phenols is 1. The maximum Gasteiger partial charge on any atom is 0.326 e. The van der Waals surface area contributed by atoms with Crippen LogP contribution in [-0.4, -0.2) is 228 Å². The molecule has 116 heavy (non-hydrogen) atoms. The van der Waals surface area contributed by atoms with Gasteiger partial charge >= 0.3 is 17.9 Å². The zero-order chi connectivity index (χ0) is 84.9. The van der Waals surface area contributed by atoms with Crippen molar-refractivity contribution in [3.8, 4) is 5.75 Å². The molecule has 37 nitrogen and oxygen atoms in total. The normalized spacial score (nSPS) is 15.5. The summed E-state index contributed by atoms with van der Waals surface area (Å²) in [7, 11) is 0. The summed E-state index contributed by atoms with van der Waals surface area (Å²) in [6.45, 7) is 5.82. The van der Waals surface area contributed by atoms with E-state index in [1.807, 2.05) is 0 Å². The number of likely N-dealkylation sites (tertiary alicyclic amines) is 1. The fraction of sp³-hybridized carbons (Fsp3) is 0.456. The SMILES string of the molecule is CC(C)C[C@H](NC(=O)[C@H](CCCNC(=N)N)NC(=O)[C@H](CC(=O)O)NC(=O)[C@H](Cc1ccc(O)cc1)NC(=O)[C@H](Cc1ccccc1)NC(=O)[C@@H]1CCCN1C(=O)[C@H](CO)NC(=O)[C@H](Cc1c[nH]c2ccccc12)NC(=O)[C@H](Cc1c[nH]c2ccccc12)NC(=O)[C@H](CC(=O)O)NC(=O)[C@@H](N)C(C)C)C(=O)N[C@@H](CCCCN)C(=O)O. The molecule has 1 fully saturated rings. The Morgan fingerprint density at radius 3 is 1.41 bits per heavy atom. The Morgan fingerprint density at radius 1 is 0.500 bits per heavy atom. The number of nitrogens with one attached hydrogen (secondary N) is 14. The van der Waals surface area contributed by atoms with Crippen molar-refractivity contribution < 1.29 is 92.7 Å². The lowest BCUT2D eigenvalue weighted by atomic mass is 10.0. The minimum atomic E-state index is -2.01. The number of fused-ring (bicyclic) bond motifs is 2. The lowest BCUT2D eigenvalue weighted by molar-refractivity contribution is -0.143. The largest absolute Gasteiger partial charge is 0.508 e. The number of rotatable bonds is 46.